The lowest BCUT2D eigenvalue weighted by Crippen LogP contribution is -2.11. The number of carbonyl (C=O) groups excluding carboxylic acids is 2. The first kappa shape index (κ1) is 10.7. The van der Waals surface area contributed by atoms with Gasteiger partial charge in [-0.3, -0.25) is 4.79 Å². The van der Waals surface area contributed by atoms with Gasteiger partial charge in [0.05, 0.1) is 5.75 Å². The highest BCUT2D eigenvalue weighted by Crippen LogP contribution is 2.14. The van der Waals surface area contributed by atoms with Gasteiger partial charge >= 0.3 is 0 Å². The molecule has 0 fully saturated rings. The van der Waals surface area contributed by atoms with Crippen molar-refractivity contribution in [3.63, 3.8) is 0 Å². The lowest BCUT2D eigenvalue weighted by Gasteiger charge is -2.10. The molecule has 0 aromatic carbocycles. The van der Waals surface area contributed by atoms with E-state index in [0.717, 1.165) is 6.29 Å². The number of hydrogen-bond acceptors (Lipinski definition) is 4. The lowest BCUT2D eigenvalue weighted by atomic mass is 10.3. The van der Waals surface area contributed by atoms with Crippen LogP contribution in [-0.2, 0) is 14.3 Å². The van der Waals surface area contributed by atoms with E-state index in [-0.39, 0.29) is 11.2 Å². The third-order valence-corrected chi connectivity index (χ3v) is 2.13. The van der Waals surface area contributed by atoms with E-state index in [9.17, 15) is 9.59 Å². The van der Waals surface area contributed by atoms with Gasteiger partial charge in [-0.2, -0.15) is 0 Å². The smallest absolute Gasteiger partial charge is 0.133 e. The first-order chi connectivity index (χ1) is 5.20. The first-order valence-electron chi connectivity index (χ1n) is 3.28. The molecule has 0 aliphatic rings. The van der Waals surface area contributed by atoms with Gasteiger partial charge in [0.1, 0.15) is 17.5 Å². The van der Waals surface area contributed by atoms with Crippen LogP contribution in [0.25, 0.3) is 0 Å². The van der Waals surface area contributed by atoms with Crippen LogP contribution in [0.1, 0.15) is 13.3 Å². The average molecular weight is 176 g/mol. The van der Waals surface area contributed by atoms with E-state index in [0.29, 0.717) is 12.2 Å². The van der Waals surface area contributed by atoms with Gasteiger partial charge < -0.3 is 9.53 Å². The van der Waals surface area contributed by atoms with Crippen molar-refractivity contribution in [3.05, 3.63) is 0 Å². The minimum atomic E-state index is -0.169. The predicted molar refractivity (Wildman–Crippen MR) is 44.6 cm³/mol. The Morgan fingerprint density at radius 2 is 2.36 bits per heavy atom. The van der Waals surface area contributed by atoms with Crippen molar-refractivity contribution in [3.8, 4) is 0 Å². The summed E-state index contributed by atoms with van der Waals surface area (Å²) in [5.74, 6) is 0.460. The molecule has 0 spiro atoms. The Morgan fingerprint density at radius 1 is 1.73 bits per heavy atom. The summed E-state index contributed by atoms with van der Waals surface area (Å²) in [7, 11) is 1.53. The zero-order valence-electron chi connectivity index (χ0n) is 6.70. The number of carbonyl (C=O) groups is 2. The number of methoxy groups -OCH3 is 1. The molecular formula is C7H12O3S. The standard InChI is InChI=1S/C7H12O3S/c1-6(9)5-7(10-2)11-4-3-8/h3,7H,4-5H2,1-2H3. The maximum atomic E-state index is 10.6. The summed E-state index contributed by atoms with van der Waals surface area (Å²) in [6, 6.07) is 0. The van der Waals surface area contributed by atoms with Gasteiger partial charge in [-0.15, -0.1) is 11.8 Å². The summed E-state index contributed by atoms with van der Waals surface area (Å²) in [6.07, 6.45) is 1.17. The molecule has 0 radical (unpaired) electrons. The van der Waals surface area contributed by atoms with Crippen molar-refractivity contribution in [1.82, 2.24) is 0 Å². The topological polar surface area (TPSA) is 43.4 Å². The number of Topliss-reactive ketones (excluding diaryl/α,β-unsaturated/α-hetero) is 1. The molecule has 4 heteroatoms. The number of ketones is 1. The summed E-state index contributed by atoms with van der Waals surface area (Å²) in [4.78, 5) is 20.5. The highest BCUT2D eigenvalue weighted by Gasteiger charge is 2.09. The van der Waals surface area contributed by atoms with Gasteiger partial charge in [0.2, 0.25) is 0 Å². The van der Waals surface area contributed by atoms with E-state index < -0.39 is 0 Å². The molecule has 0 rings (SSSR count). The summed E-state index contributed by atoms with van der Waals surface area (Å²) in [6.45, 7) is 1.51. The molecule has 0 N–H and O–H groups in total. The SMILES string of the molecule is COC(CC(C)=O)SCC=O. The summed E-state index contributed by atoms with van der Waals surface area (Å²) >= 11 is 1.34. The number of ether oxygens (including phenoxy) is 1. The molecule has 0 saturated carbocycles. The zero-order chi connectivity index (χ0) is 8.69. The van der Waals surface area contributed by atoms with Gasteiger partial charge in [0.15, 0.2) is 0 Å². The van der Waals surface area contributed by atoms with E-state index in [1.807, 2.05) is 0 Å². The summed E-state index contributed by atoms with van der Waals surface area (Å²) < 4.78 is 4.95. The Balaban J connectivity index is 3.57. The number of thioether (sulfide) groups is 1. The van der Waals surface area contributed by atoms with E-state index in [2.05, 4.69) is 0 Å². The van der Waals surface area contributed by atoms with Crippen LogP contribution in [0.5, 0.6) is 0 Å². The van der Waals surface area contributed by atoms with Crippen LogP contribution in [0, 0.1) is 0 Å². The molecular weight excluding hydrogens is 164 g/mol. The van der Waals surface area contributed by atoms with Crippen LogP contribution >= 0.6 is 11.8 Å². The fraction of sp³-hybridized carbons (Fsp3) is 0.714. The van der Waals surface area contributed by atoms with Gasteiger partial charge in [-0.1, -0.05) is 0 Å². The second kappa shape index (κ2) is 6.37. The fourth-order valence-electron chi connectivity index (χ4n) is 0.592. The maximum absolute atomic E-state index is 10.6. The van der Waals surface area contributed by atoms with Crippen molar-refractivity contribution < 1.29 is 14.3 Å². The lowest BCUT2D eigenvalue weighted by molar-refractivity contribution is -0.118. The molecule has 0 amide bonds. The van der Waals surface area contributed by atoms with Crippen LogP contribution in [0.2, 0.25) is 0 Å². The maximum Gasteiger partial charge on any atom is 0.133 e. The Hall–Kier alpha value is -0.350. The van der Waals surface area contributed by atoms with Gasteiger partial charge in [-0.25, -0.2) is 0 Å². The summed E-state index contributed by atoms with van der Waals surface area (Å²) in [5.41, 5.74) is -0.169. The number of hydrogen-bond donors (Lipinski definition) is 0. The Morgan fingerprint density at radius 3 is 2.73 bits per heavy atom. The monoisotopic (exact) mass is 176 g/mol. The third kappa shape index (κ3) is 6.06. The van der Waals surface area contributed by atoms with Crippen LogP contribution in [-0.4, -0.2) is 30.4 Å². The largest absolute Gasteiger partial charge is 0.370 e. The molecule has 0 bridgehead atoms. The van der Waals surface area contributed by atoms with Crippen LogP contribution in [0.15, 0.2) is 0 Å². The van der Waals surface area contributed by atoms with Crippen molar-refractivity contribution in [1.29, 1.82) is 0 Å². The number of rotatable bonds is 6. The quantitative estimate of drug-likeness (QED) is 0.445. The van der Waals surface area contributed by atoms with E-state index in [1.54, 1.807) is 0 Å². The predicted octanol–water partition coefficient (Wildman–Crippen LogP) is 0.870. The van der Waals surface area contributed by atoms with Gasteiger partial charge in [0.25, 0.3) is 0 Å². The Kier molecular flexibility index (Phi) is 6.16. The van der Waals surface area contributed by atoms with E-state index in [1.165, 1.54) is 25.8 Å². The minimum absolute atomic E-state index is 0.0789. The van der Waals surface area contributed by atoms with Crippen LogP contribution < -0.4 is 0 Å². The van der Waals surface area contributed by atoms with Gasteiger partial charge in [-0.05, 0) is 6.92 Å². The minimum Gasteiger partial charge on any atom is -0.370 e. The molecule has 11 heavy (non-hydrogen) atoms. The molecule has 0 heterocycles. The third-order valence-electron chi connectivity index (χ3n) is 1.07. The molecule has 0 saturated heterocycles. The molecule has 0 aromatic heterocycles. The van der Waals surface area contributed by atoms with E-state index >= 15 is 0 Å². The molecule has 0 aliphatic carbocycles. The number of aldehydes is 1. The van der Waals surface area contributed by atoms with Crippen LogP contribution in [0.3, 0.4) is 0 Å². The average Bonchev–Trinajstić information content (AvgIpc) is 1.97. The Labute approximate surface area is 70.5 Å². The molecule has 64 valence electrons. The van der Waals surface area contributed by atoms with Crippen molar-refractivity contribution in [2.75, 3.05) is 12.9 Å². The molecule has 0 aliphatic heterocycles. The van der Waals surface area contributed by atoms with Crippen molar-refractivity contribution in [2.45, 2.75) is 18.8 Å². The molecule has 1 atom stereocenters. The summed E-state index contributed by atoms with van der Waals surface area (Å²) in [5, 5.41) is 0. The van der Waals surface area contributed by atoms with E-state index in [4.69, 9.17) is 4.74 Å². The highest BCUT2D eigenvalue weighted by molar-refractivity contribution is 8.00. The second-order valence-corrected chi connectivity index (χ2v) is 3.26. The fourth-order valence-corrected chi connectivity index (χ4v) is 1.37. The molecule has 0 aromatic rings. The highest BCUT2D eigenvalue weighted by atomic mass is 32.2. The normalized spacial score (nSPS) is 12.5. The second-order valence-electron chi connectivity index (χ2n) is 2.07. The first-order valence-corrected chi connectivity index (χ1v) is 4.33. The van der Waals surface area contributed by atoms with Crippen molar-refractivity contribution >= 4 is 23.8 Å². The Bertz CT molecular complexity index is 136. The van der Waals surface area contributed by atoms with Crippen molar-refractivity contribution in [2.24, 2.45) is 0 Å². The molecule has 3 nitrogen and oxygen atoms in total. The zero-order valence-corrected chi connectivity index (χ0v) is 7.52. The van der Waals surface area contributed by atoms with Gasteiger partial charge in [0, 0.05) is 13.5 Å². The van der Waals surface area contributed by atoms with Crippen LogP contribution in [0.4, 0.5) is 0 Å². The molecule has 1 unspecified atom stereocenters.